The number of ether oxygens (including phenoxy) is 3. The number of hydrogen-bond donors (Lipinski definition) is 9. The highest BCUT2D eigenvalue weighted by atomic mass is 33.1. The van der Waals surface area contributed by atoms with E-state index in [4.69, 9.17) is 24.4 Å². The summed E-state index contributed by atoms with van der Waals surface area (Å²) < 4.78 is 24.1. The number of β-amino-alcohol motifs (C(OH)–C–C–N with tert-alkyl or cyclic N) is 1. The number of benzene rings is 4. The number of aliphatic carboxylic acids is 1. The highest BCUT2D eigenvalue weighted by molar-refractivity contribution is 8.76. The smallest absolute Gasteiger partial charge is 0.335 e. The van der Waals surface area contributed by atoms with E-state index in [0.717, 1.165) is 49.0 Å². The second-order valence-corrected chi connectivity index (χ2v) is 21.1. The molecule has 10 N–H and O–H groups in total. The molecule has 4 heterocycles. The number of H-pyrrole nitrogens is 1. The van der Waals surface area contributed by atoms with E-state index in [1.807, 2.05) is 42.7 Å². The number of aliphatic hydroxyl groups excluding tert-OH is 1. The Morgan fingerprint density at radius 2 is 1.74 bits per heavy atom. The van der Waals surface area contributed by atoms with Crippen LogP contribution in [0, 0.1) is 11.8 Å². The number of nitrogens with two attached hydrogens (primary N) is 1. The zero-order valence-corrected chi connectivity index (χ0v) is 42.2. The molecule has 2 aromatic heterocycles. The molecule has 2 aliphatic rings. The third kappa shape index (κ3) is 11.9. The van der Waals surface area contributed by atoms with Crippen LogP contribution < -0.4 is 26.5 Å². The number of hydrogen-bond acceptors (Lipinski definition) is 16. The number of allylic oxidation sites excluding steroid dienone is 1. The number of carboxylic acids is 1. The molecule has 8 rings (SSSR count). The summed E-state index contributed by atoms with van der Waals surface area (Å²) >= 11 is 0. The van der Waals surface area contributed by atoms with Gasteiger partial charge >= 0.3 is 5.97 Å². The molecule has 6 aromatic rings. The third-order valence-electron chi connectivity index (χ3n) is 13.9. The number of aromatic nitrogens is 1. The Morgan fingerprint density at radius 1 is 0.986 bits per heavy atom. The molecular weight excluding hydrogens is 989 g/mol. The maximum atomic E-state index is 13.9. The number of carboxylic acid groups (broad SMARTS) is 1. The van der Waals surface area contributed by atoms with Gasteiger partial charge in [0.15, 0.2) is 23.6 Å². The van der Waals surface area contributed by atoms with Crippen LogP contribution in [0.15, 0.2) is 125 Å². The largest absolute Gasteiger partial charge is 0.508 e. The van der Waals surface area contributed by atoms with Crippen LogP contribution >= 0.6 is 21.6 Å². The summed E-state index contributed by atoms with van der Waals surface area (Å²) in [6.45, 7) is 3.63. The molecule has 0 aliphatic carbocycles. The SMILES string of the molecule is C[C@H](C/C=C/c1ccccc1CCCNCCc1ccc(O)cc1)[C@H]1CNC[C@]2(O)[C@H](Oc3ccc4c(=O)c(-c5ccc(O)cc5)c(C(N)=O)oc4c3)O[C@H](C(=O)O)[C@@H](O)[C@]2(C=O)OCSSC[C@H]1c1cc[nH]c1. The summed E-state index contributed by atoms with van der Waals surface area (Å²) in [6, 6.07) is 27.0. The molecule has 0 bridgehead atoms. The Kier molecular flexibility index (Phi) is 17.7. The predicted octanol–water partition coefficient (Wildman–Crippen LogP) is 6.38. The van der Waals surface area contributed by atoms with Gasteiger partial charge in [-0.25, -0.2) is 4.79 Å². The van der Waals surface area contributed by atoms with Gasteiger partial charge in [0.25, 0.3) is 5.91 Å². The molecule has 2 fully saturated rings. The van der Waals surface area contributed by atoms with Crippen molar-refractivity contribution in [3.8, 4) is 28.4 Å². The van der Waals surface area contributed by atoms with Gasteiger partial charge in [-0.15, -0.1) is 0 Å². The molecule has 2 aliphatic heterocycles. The van der Waals surface area contributed by atoms with Crippen LogP contribution in [0.25, 0.3) is 28.2 Å². The fourth-order valence-electron chi connectivity index (χ4n) is 9.79. The first kappa shape index (κ1) is 53.9. The Balaban J connectivity index is 1.03. The first-order valence-electron chi connectivity index (χ1n) is 24.3. The molecule has 0 unspecified atom stereocenters. The van der Waals surface area contributed by atoms with Crippen molar-refractivity contribution in [2.75, 3.05) is 37.9 Å². The Hall–Kier alpha value is -6.42. The quantitative estimate of drug-likeness (QED) is 0.0257. The van der Waals surface area contributed by atoms with E-state index < -0.39 is 59.3 Å². The average molecular weight is 1050 g/mol. The number of phenols is 2. The fraction of sp³-hybridized carbons (Fsp3) is 0.345. The number of aromatic hydroxyl groups is 2. The van der Waals surface area contributed by atoms with Gasteiger partial charge in [0.2, 0.25) is 17.5 Å². The van der Waals surface area contributed by atoms with Crippen LogP contribution in [0.1, 0.15) is 58.5 Å². The number of aliphatic hydroxyl groups is 2. The van der Waals surface area contributed by atoms with Crippen molar-refractivity contribution in [1.29, 1.82) is 0 Å². The minimum absolute atomic E-state index is 0.000657. The monoisotopic (exact) mass is 1050 g/mol. The summed E-state index contributed by atoms with van der Waals surface area (Å²) in [5.41, 5.74) is 4.35. The molecular formula is C55H60N4O13S2. The van der Waals surface area contributed by atoms with E-state index in [-0.39, 0.29) is 75.9 Å². The van der Waals surface area contributed by atoms with Crippen LogP contribution in [0.5, 0.6) is 17.2 Å². The number of aldehydes is 1. The van der Waals surface area contributed by atoms with Crippen molar-refractivity contribution in [3.05, 3.63) is 154 Å². The zero-order valence-electron chi connectivity index (χ0n) is 40.6. The van der Waals surface area contributed by atoms with Gasteiger partial charge < -0.3 is 65.5 Å². The van der Waals surface area contributed by atoms with E-state index in [1.165, 1.54) is 69.6 Å². The number of rotatable bonds is 18. The van der Waals surface area contributed by atoms with Gasteiger partial charge in [0, 0.05) is 30.8 Å². The molecule has 2 saturated heterocycles. The standard InChI is InChI=1S/C55H60N4O13S2/c1-33(6-4-9-35-7-2-3-8-36(35)10-5-23-57-24-21-34-11-15-39(61)16-12-34)43-28-59-30-54(68)53(72-49(52(66)67)50(64)55(54,31-60)69-32-74-73-29-44(43)38-22-25-58-27-38)70-41-19-20-42-45(26-41)71-48(51(56)65)46(47(42)63)37-13-17-40(62)18-14-37/h2-4,7-9,11-20,22,25-27,31,33,43-44,49-50,53,57-59,61-62,64,68H,5-6,10,21,23-24,28-30,32H2,1H3,(H2,56,65)(H,66,67)/b9-4+/t33-,43-,44+,49+,50-,53-,54+,55+/m1/s1. The van der Waals surface area contributed by atoms with Gasteiger partial charge in [-0.2, -0.15) is 0 Å². The van der Waals surface area contributed by atoms with Crippen molar-refractivity contribution in [1.82, 2.24) is 15.6 Å². The Morgan fingerprint density at radius 3 is 2.46 bits per heavy atom. The van der Waals surface area contributed by atoms with E-state index >= 15 is 0 Å². The number of carbonyl (C=O) groups is 3. The van der Waals surface area contributed by atoms with Gasteiger partial charge in [-0.05, 0) is 133 Å². The van der Waals surface area contributed by atoms with Crippen LogP contribution in [0.4, 0.5) is 0 Å². The van der Waals surface area contributed by atoms with Crippen molar-refractivity contribution in [3.63, 3.8) is 0 Å². The Labute approximate surface area is 434 Å². The van der Waals surface area contributed by atoms with Gasteiger partial charge in [-0.3, -0.25) is 14.4 Å². The van der Waals surface area contributed by atoms with E-state index in [0.29, 0.717) is 12.2 Å². The molecule has 390 valence electrons. The number of primary amides is 1. The van der Waals surface area contributed by atoms with E-state index in [9.17, 15) is 44.7 Å². The first-order chi connectivity index (χ1) is 35.7. The number of nitrogens with one attached hydrogen (secondary N) is 3. The van der Waals surface area contributed by atoms with E-state index in [1.54, 1.807) is 12.1 Å². The number of phenolic OH excluding ortho intramolecular Hbond substituents is 2. The molecule has 17 nitrogen and oxygen atoms in total. The summed E-state index contributed by atoms with van der Waals surface area (Å²) in [7, 11) is 2.71. The second-order valence-electron chi connectivity index (χ2n) is 18.6. The van der Waals surface area contributed by atoms with Crippen molar-refractivity contribution in [2.45, 2.75) is 68.2 Å². The lowest BCUT2D eigenvalue weighted by molar-refractivity contribution is -0.340. The first-order valence-corrected chi connectivity index (χ1v) is 26.8. The lowest BCUT2D eigenvalue weighted by atomic mass is 9.73. The highest BCUT2D eigenvalue weighted by Crippen LogP contribution is 2.45. The highest BCUT2D eigenvalue weighted by Gasteiger charge is 2.69. The number of aromatic amines is 1. The van der Waals surface area contributed by atoms with Crippen molar-refractivity contribution < 1.29 is 58.5 Å². The zero-order chi connectivity index (χ0) is 52.4. The van der Waals surface area contributed by atoms with Crippen LogP contribution in [-0.4, -0.2) is 116 Å². The normalized spacial score (nSPS) is 24.1. The molecule has 8 atom stereocenters. The summed E-state index contributed by atoms with van der Waals surface area (Å²) in [6.07, 6.45) is 5.41. The topological polar surface area (TPSA) is 276 Å². The predicted molar refractivity (Wildman–Crippen MR) is 283 cm³/mol. The number of fused-ring (bicyclic) bond motifs is 2. The second kappa shape index (κ2) is 24.3. The van der Waals surface area contributed by atoms with Gasteiger partial charge in [0.1, 0.15) is 34.9 Å². The van der Waals surface area contributed by atoms with E-state index in [2.05, 4.69) is 46.8 Å². The van der Waals surface area contributed by atoms with Crippen LogP contribution in [0.2, 0.25) is 0 Å². The lowest BCUT2D eigenvalue weighted by Gasteiger charge is -2.53. The molecule has 4 aromatic carbocycles. The molecule has 0 radical (unpaired) electrons. The molecule has 0 spiro atoms. The fourth-order valence-corrected chi connectivity index (χ4v) is 11.9. The van der Waals surface area contributed by atoms with Crippen LogP contribution in [-0.2, 0) is 31.9 Å². The molecule has 1 amide bonds. The number of aryl methyl sites for hydroxylation is 1. The van der Waals surface area contributed by atoms with Crippen molar-refractivity contribution >= 4 is 56.8 Å². The summed E-state index contributed by atoms with van der Waals surface area (Å²) in [4.78, 5) is 56.0. The van der Waals surface area contributed by atoms with Gasteiger partial charge in [-0.1, -0.05) is 89.2 Å². The summed E-state index contributed by atoms with van der Waals surface area (Å²) in [5, 5.41) is 61.3. The van der Waals surface area contributed by atoms with Crippen LogP contribution in [0.3, 0.4) is 0 Å². The average Bonchev–Trinajstić information content (AvgIpc) is 3.93. The lowest BCUT2D eigenvalue weighted by Crippen LogP contribution is -2.80. The van der Waals surface area contributed by atoms with Gasteiger partial charge in [0.05, 0.1) is 10.9 Å². The summed E-state index contributed by atoms with van der Waals surface area (Å²) in [5.74, 6) is -2.87. The number of carbonyl (C=O) groups excluding carboxylic acids is 2. The Bertz CT molecular complexity index is 2970. The minimum Gasteiger partial charge on any atom is -0.508 e. The van der Waals surface area contributed by atoms with Crippen molar-refractivity contribution in [2.24, 2.45) is 17.6 Å². The maximum absolute atomic E-state index is 13.9. The molecule has 74 heavy (non-hydrogen) atoms. The third-order valence-corrected chi connectivity index (χ3v) is 16.0. The number of amides is 1. The minimum atomic E-state index is -2.62. The molecule has 0 saturated carbocycles. The maximum Gasteiger partial charge on any atom is 0.335 e. The molecule has 19 heteroatoms.